The molecule has 0 unspecified atom stereocenters. The van der Waals surface area contributed by atoms with Crippen LogP contribution >= 0.6 is 0 Å². The van der Waals surface area contributed by atoms with Crippen LogP contribution in [0, 0.1) is 11.8 Å². The highest BCUT2D eigenvalue weighted by Gasteiger charge is 2.20. The van der Waals surface area contributed by atoms with E-state index in [-0.39, 0.29) is 11.6 Å². The van der Waals surface area contributed by atoms with E-state index in [4.69, 9.17) is 9.47 Å². The summed E-state index contributed by atoms with van der Waals surface area (Å²) in [5.74, 6) is 8.45. The largest absolute Gasteiger partial charge is 0.497 e. The normalized spacial score (nSPS) is 13.2. The molecule has 0 spiro atoms. The first kappa shape index (κ1) is 27.6. The highest BCUT2D eigenvalue weighted by molar-refractivity contribution is 6.02. The van der Waals surface area contributed by atoms with Crippen molar-refractivity contribution in [1.82, 2.24) is 20.1 Å². The molecule has 9 heteroatoms. The van der Waals surface area contributed by atoms with Crippen molar-refractivity contribution in [2.45, 2.75) is 13.5 Å². The molecule has 208 valence electrons. The first-order valence-electron chi connectivity index (χ1n) is 13.6. The van der Waals surface area contributed by atoms with Crippen LogP contribution in [0.5, 0.6) is 11.5 Å². The Hall–Kier alpha value is -4.94. The van der Waals surface area contributed by atoms with E-state index in [1.807, 2.05) is 25.1 Å². The van der Waals surface area contributed by atoms with Crippen molar-refractivity contribution in [3.63, 3.8) is 0 Å². The molecule has 1 amide bonds. The van der Waals surface area contributed by atoms with Crippen molar-refractivity contribution < 1.29 is 14.3 Å². The fraction of sp³-hybridized carbons (Fsp3) is 0.250. The van der Waals surface area contributed by atoms with Crippen molar-refractivity contribution in [1.29, 1.82) is 0 Å². The SMILES string of the molecule is CCOc1cncc(C#Cc2ccccc2CN2CCN(c3ccc(C(=O)Nc4ccc(OC)cc4)nn3)CC2)c1. The summed E-state index contributed by atoms with van der Waals surface area (Å²) < 4.78 is 10.7. The summed E-state index contributed by atoms with van der Waals surface area (Å²) in [4.78, 5) is 21.4. The lowest BCUT2D eigenvalue weighted by Gasteiger charge is -2.35. The Bertz CT molecular complexity index is 1520. The monoisotopic (exact) mass is 548 g/mol. The molecule has 1 N–H and O–H groups in total. The average molecular weight is 549 g/mol. The second-order valence-electron chi connectivity index (χ2n) is 9.47. The molecule has 1 fully saturated rings. The Morgan fingerprint density at radius 3 is 2.46 bits per heavy atom. The van der Waals surface area contributed by atoms with Gasteiger partial charge in [0.1, 0.15) is 11.5 Å². The summed E-state index contributed by atoms with van der Waals surface area (Å²) in [6.45, 7) is 6.74. The lowest BCUT2D eigenvalue weighted by atomic mass is 10.1. The van der Waals surface area contributed by atoms with Gasteiger partial charge in [-0.05, 0) is 61.0 Å². The summed E-state index contributed by atoms with van der Waals surface area (Å²) >= 11 is 0. The molecule has 1 saturated heterocycles. The van der Waals surface area contributed by atoms with Crippen LogP contribution in [0.4, 0.5) is 11.5 Å². The van der Waals surface area contributed by atoms with Gasteiger partial charge in [0.15, 0.2) is 11.5 Å². The minimum atomic E-state index is -0.306. The van der Waals surface area contributed by atoms with Gasteiger partial charge in [-0.1, -0.05) is 30.0 Å². The third-order valence-corrected chi connectivity index (χ3v) is 6.70. The van der Waals surface area contributed by atoms with Crippen LogP contribution in [0.3, 0.4) is 0 Å². The Morgan fingerprint density at radius 2 is 1.73 bits per heavy atom. The first-order chi connectivity index (χ1) is 20.1. The molecular formula is C32H32N6O3. The second kappa shape index (κ2) is 13.4. The van der Waals surface area contributed by atoms with E-state index in [0.717, 1.165) is 61.2 Å². The maximum Gasteiger partial charge on any atom is 0.276 e. The van der Waals surface area contributed by atoms with Gasteiger partial charge in [-0.15, -0.1) is 10.2 Å². The molecule has 3 heterocycles. The quantitative estimate of drug-likeness (QED) is 0.327. The molecule has 1 aliphatic heterocycles. The number of carbonyl (C=O) groups is 1. The fourth-order valence-corrected chi connectivity index (χ4v) is 4.51. The molecule has 0 radical (unpaired) electrons. The topological polar surface area (TPSA) is 92.7 Å². The van der Waals surface area contributed by atoms with Gasteiger partial charge in [0.25, 0.3) is 5.91 Å². The number of hydrogen-bond donors (Lipinski definition) is 1. The number of benzene rings is 2. The lowest BCUT2D eigenvalue weighted by Crippen LogP contribution is -2.46. The van der Waals surface area contributed by atoms with E-state index in [0.29, 0.717) is 12.3 Å². The summed E-state index contributed by atoms with van der Waals surface area (Å²) in [7, 11) is 1.60. The Labute approximate surface area is 240 Å². The van der Waals surface area contributed by atoms with Gasteiger partial charge in [-0.2, -0.15) is 0 Å². The van der Waals surface area contributed by atoms with E-state index in [1.54, 1.807) is 49.8 Å². The third-order valence-electron chi connectivity index (χ3n) is 6.70. The highest BCUT2D eigenvalue weighted by atomic mass is 16.5. The van der Waals surface area contributed by atoms with Gasteiger partial charge in [0.2, 0.25) is 0 Å². The number of rotatable bonds is 8. The van der Waals surface area contributed by atoms with Gasteiger partial charge in [0, 0.05) is 55.7 Å². The maximum atomic E-state index is 12.6. The van der Waals surface area contributed by atoms with Crippen LogP contribution in [0.2, 0.25) is 0 Å². The molecule has 2 aromatic carbocycles. The molecular weight excluding hydrogens is 516 g/mol. The Morgan fingerprint density at radius 1 is 0.927 bits per heavy atom. The number of nitrogens with zero attached hydrogens (tertiary/aromatic N) is 5. The van der Waals surface area contributed by atoms with Gasteiger partial charge >= 0.3 is 0 Å². The fourth-order valence-electron chi connectivity index (χ4n) is 4.51. The first-order valence-corrected chi connectivity index (χ1v) is 13.6. The van der Waals surface area contributed by atoms with Gasteiger partial charge < -0.3 is 19.7 Å². The molecule has 0 bridgehead atoms. The lowest BCUT2D eigenvalue weighted by molar-refractivity contribution is 0.102. The molecule has 0 saturated carbocycles. The van der Waals surface area contributed by atoms with Gasteiger partial charge in [-0.3, -0.25) is 14.7 Å². The summed E-state index contributed by atoms with van der Waals surface area (Å²) in [6, 6.07) is 20.9. The maximum absolute atomic E-state index is 12.6. The summed E-state index contributed by atoms with van der Waals surface area (Å²) in [5.41, 5.74) is 3.95. The van der Waals surface area contributed by atoms with Crippen LogP contribution in [0.15, 0.2) is 79.1 Å². The number of piperazine rings is 1. The number of amides is 1. The second-order valence-corrected chi connectivity index (χ2v) is 9.47. The average Bonchev–Trinajstić information content (AvgIpc) is 3.02. The molecule has 1 aliphatic rings. The van der Waals surface area contributed by atoms with Crippen LogP contribution in [0.1, 0.15) is 34.1 Å². The number of hydrogen-bond acceptors (Lipinski definition) is 8. The molecule has 2 aromatic heterocycles. The third kappa shape index (κ3) is 7.38. The van der Waals surface area contributed by atoms with Crippen molar-refractivity contribution in [2.75, 3.05) is 50.1 Å². The minimum absolute atomic E-state index is 0.265. The van der Waals surface area contributed by atoms with Crippen LogP contribution in [0.25, 0.3) is 0 Å². The Kier molecular flexibility index (Phi) is 9.04. The van der Waals surface area contributed by atoms with Gasteiger partial charge in [0.05, 0.1) is 19.9 Å². The Balaban J connectivity index is 1.15. The predicted octanol–water partition coefficient (Wildman–Crippen LogP) is 4.25. The highest BCUT2D eigenvalue weighted by Crippen LogP contribution is 2.18. The number of nitrogens with one attached hydrogen (secondary N) is 1. The van der Waals surface area contributed by atoms with Crippen LogP contribution in [-0.4, -0.2) is 65.9 Å². The summed E-state index contributed by atoms with van der Waals surface area (Å²) in [5, 5.41) is 11.3. The van der Waals surface area contributed by atoms with E-state index in [9.17, 15) is 4.79 Å². The minimum Gasteiger partial charge on any atom is -0.497 e. The molecule has 0 atom stereocenters. The smallest absolute Gasteiger partial charge is 0.276 e. The zero-order valence-corrected chi connectivity index (χ0v) is 23.2. The number of methoxy groups -OCH3 is 1. The van der Waals surface area contributed by atoms with Crippen molar-refractivity contribution in [2.24, 2.45) is 0 Å². The summed E-state index contributed by atoms with van der Waals surface area (Å²) in [6.07, 6.45) is 3.45. The number of anilines is 2. The molecule has 41 heavy (non-hydrogen) atoms. The number of carbonyl (C=O) groups excluding carboxylic acids is 1. The standard InChI is InChI=1S/C32H32N6O3/c1-3-41-29-20-24(21-33-22-29)8-9-25-6-4-5-7-26(25)23-37-16-18-38(19-17-37)31-15-14-30(35-36-31)32(39)34-27-10-12-28(40-2)13-11-27/h4-7,10-15,20-22H,3,16-19,23H2,1-2H3,(H,34,39). The number of pyridine rings is 1. The number of aromatic nitrogens is 3. The zero-order valence-electron chi connectivity index (χ0n) is 23.2. The van der Waals surface area contributed by atoms with E-state index >= 15 is 0 Å². The van der Waals surface area contributed by atoms with E-state index < -0.39 is 0 Å². The van der Waals surface area contributed by atoms with Gasteiger partial charge in [-0.25, -0.2) is 0 Å². The van der Waals surface area contributed by atoms with Crippen LogP contribution in [-0.2, 0) is 6.54 Å². The van der Waals surface area contributed by atoms with Crippen molar-refractivity contribution in [3.05, 3.63) is 102 Å². The van der Waals surface area contributed by atoms with E-state index in [2.05, 4.69) is 60.3 Å². The van der Waals surface area contributed by atoms with Crippen molar-refractivity contribution in [3.8, 4) is 23.3 Å². The molecule has 4 aromatic rings. The molecule has 5 rings (SSSR count). The number of ether oxygens (including phenoxy) is 2. The molecule has 9 nitrogen and oxygen atoms in total. The zero-order chi connectivity index (χ0) is 28.4. The van der Waals surface area contributed by atoms with E-state index in [1.165, 1.54) is 5.56 Å². The van der Waals surface area contributed by atoms with Crippen molar-refractivity contribution >= 4 is 17.4 Å². The van der Waals surface area contributed by atoms with Crippen LogP contribution < -0.4 is 19.7 Å². The predicted molar refractivity (Wildman–Crippen MR) is 158 cm³/mol. The molecule has 0 aliphatic carbocycles.